The lowest BCUT2D eigenvalue weighted by molar-refractivity contribution is 0.418. The van der Waals surface area contributed by atoms with E-state index >= 15 is 0 Å². The second kappa shape index (κ2) is 3.95. The molecule has 2 rings (SSSR count). The number of nitrogens with two attached hydrogens (primary N) is 1. The lowest BCUT2D eigenvalue weighted by Crippen LogP contribution is -2.01. The maximum atomic E-state index is 5.59. The Morgan fingerprint density at radius 1 is 1.40 bits per heavy atom. The summed E-state index contributed by atoms with van der Waals surface area (Å²) < 4.78 is 7.44. The second-order valence-electron chi connectivity index (χ2n) is 3.66. The zero-order chi connectivity index (χ0) is 10.8. The Balaban J connectivity index is 2.68. The Hall–Kier alpha value is -1.48. The van der Waals surface area contributed by atoms with Gasteiger partial charge in [-0.1, -0.05) is 12.1 Å². The molecule has 0 spiro atoms. The van der Waals surface area contributed by atoms with Gasteiger partial charge in [0.2, 0.25) is 0 Å². The summed E-state index contributed by atoms with van der Waals surface area (Å²) in [5, 5.41) is 1.24. The number of benzene rings is 1. The van der Waals surface area contributed by atoms with Crippen LogP contribution < -0.4 is 10.5 Å². The van der Waals surface area contributed by atoms with Gasteiger partial charge in [0, 0.05) is 18.6 Å². The van der Waals surface area contributed by atoms with E-state index < -0.39 is 0 Å². The van der Waals surface area contributed by atoms with Crippen LogP contribution in [0.2, 0.25) is 0 Å². The molecule has 3 nitrogen and oxygen atoms in total. The summed E-state index contributed by atoms with van der Waals surface area (Å²) in [5.41, 5.74) is 8.02. The molecule has 3 heteroatoms. The van der Waals surface area contributed by atoms with Gasteiger partial charge in [-0.25, -0.2) is 0 Å². The topological polar surface area (TPSA) is 40.2 Å². The predicted octanol–water partition coefficient (Wildman–Crippen LogP) is 1.69. The van der Waals surface area contributed by atoms with Gasteiger partial charge in [-0.15, -0.1) is 0 Å². The molecule has 2 aromatic rings. The number of ether oxygens (including phenoxy) is 1. The normalized spacial score (nSPS) is 10.9. The van der Waals surface area contributed by atoms with Gasteiger partial charge in [-0.2, -0.15) is 0 Å². The van der Waals surface area contributed by atoms with E-state index in [0.29, 0.717) is 6.54 Å². The lowest BCUT2D eigenvalue weighted by atomic mass is 10.1. The highest BCUT2D eigenvalue weighted by atomic mass is 16.5. The van der Waals surface area contributed by atoms with E-state index in [0.717, 1.165) is 17.7 Å². The lowest BCUT2D eigenvalue weighted by Gasteiger charge is -2.03. The van der Waals surface area contributed by atoms with Gasteiger partial charge < -0.3 is 15.0 Å². The van der Waals surface area contributed by atoms with E-state index in [2.05, 4.69) is 16.8 Å². The highest BCUT2D eigenvalue weighted by molar-refractivity contribution is 5.89. The van der Waals surface area contributed by atoms with Crippen molar-refractivity contribution in [2.75, 3.05) is 13.7 Å². The molecule has 0 unspecified atom stereocenters. The minimum absolute atomic E-state index is 0.677. The van der Waals surface area contributed by atoms with Gasteiger partial charge >= 0.3 is 0 Å². The van der Waals surface area contributed by atoms with Crippen molar-refractivity contribution in [1.29, 1.82) is 0 Å². The molecule has 15 heavy (non-hydrogen) atoms. The molecule has 0 saturated carbocycles. The van der Waals surface area contributed by atoms with Crippen LogP contribution >= 0.6 is 0 Å². The molecular formula is C12H16N2O. The van der Waals surface area contributed by atoms with Crippen molar-refractivity contribution in [2.24, 2.45) is 12.8 Å². The summed E-state index contributed by atoms with van der Waals surface area (Å²) in [5.74, 6) is 0.915. The highest BCUT2D eigenvalue weighted by Crippen LogP contribution is 2.28. The third-order valence-corrected chi connectivity index (χ3v) is 2.68. The second-order valence-corrected chi connectivity index (χ2v) is 3.66. The molecule has 0 fully saturated rings. The summed E-state index contributed by atoms with van der Waals surface area (Å²) in [6, 6.07) is 6.11. The Morgan fingerprint density at radius 2 is 2.20 bits per heavy atom. The Morgan fingerprint density at radius 3 is 2.87 bits per heavy atom. The van der Waals surface area contributed by atoms with Crippen molar-refractivity contribution in [3.63, 3.8) is 0 Å². The number of aromatic nitrogens is 1. The summed E-state index contributed by atoms with van der Waals surface area (Å²) in [7, 11) is 3.73. The Labute approximate surface area is 89.4 Å². The van der Waals surface area contributed by atoms with E-state index in [1.54, 1.807) is 7.11 Å². The first-order valence-corrected chi connectivity index (χ1v) is 5.09. The quantitative estimate of drug-likeness (QED) is 0.826. The van der Waals surface area contributed by atoms with Crippen LogP contribution in [-0.2, 0) is 13.5 Å². The van der Waals surface area contributed by atoms with Crippen LogP contribution in [-0.4, -0.2) is 18.2 Å². The van der Waals surface area contributed by atoms with Crippen molar-refractivity contribution < 1.29 is 4.74 Å². The number of hydrogen-bond acceptors (Lipinski definition) is 2. The minimum Gasteiger partial charge on any atom is -0.495 e. The van der Waals surface area contributed by atoms with Crippen LogP contribution in [0.5, 0.6) is 5.75 Å². The first-order chi connectivity index (χ1) is 7.27. The molecule has 0 aliphatic carbocycles. The number of methoxy groups -OCH3 is 1. The van der Waals surface area contributed by atoms with Crippen LogP contribution in [0.25, 0.3) is 10.9 Å². The van der Waals surface area contributed by atoms with E-state index in [4.69, 9.17) is 10.5 Å². The standard InChI is InChI=1S/C12H16N2O/c1-14-8-9(6-7-13)10-4-3-5-11(15-2)12(10)14/h3-5,8H,6-7,13H2,1-2H3. The van der Waals surface area contributed by atoms with E-state index in [9.17, 15) is 0 Å². The summed E-state index contributed by atoms with van der Waals surface area (Å²) in [4.78, 5) is 0. The average molecular weight is 204 g/mol. The molecule has 0 radical (unpaired) electrons. The summed E-state index contributed by atoms with van der Waals surface area (Å²) in [6.45, 7) is 0.677. The van der Waals surface area contributed by atoms with Gasteiger partial charge in [-0.3, -0.25) is 0 Å². The molecule has 2 N–H and O–H groups in total. The zero-order valence-electron chi connectivity index (χ0n) is 9.16. The molecule has 1 heterocycles. The van der Waals surface area contributed by atoms with Gasteiger partial charge in [0.05, 0.1) is 12.6 Å². The smallest absolute Gasteiger partial charge is 0.143 e. The van der Waals surface area contributed by atoms with E-state index in [1.165, 1.54) is 10.9 Å². The van der Waals surface area contributed by atoms with Gasteiger partial charge in [-0.05, 0) is 24.6 Å². The Kier molecular flexibility index (Phi) is 2.64. The number of rotatable bonds is 3. The number of para-hydroxylation sites is 1. The first kappa shape index (κ1) is 10.1. The molecular weight excluding hydrogens is 188 g/mol. The van der Waals surface area contributed by atoms with Gasteiger partial charge in [0.25, 0.3) is 0 Å². The van der Waals surface area contributed by atoms with E-state index in [1.807, 2.05) is 19.2 Å². The van der Waals surface area contributed by atoms with Crippen LogP contribution in [0.4, 0.5) is 0 Å². The van der Waals surface area contributed by atoms with Gasteiger partial charge in [0.1, 0.15) is 5.75 Å². The fourth-order valence-corrected chi connectivity index (χ4v) is 2.03. The van der Waals surface area contributed by atoms with Crippen LogP contribution in [0, 0.1) is 0 Å². The maximum absolute atomic E-state index is 5.59. The van der Waals surface area contributed by atoms with E-state index in [-0.39, 0.29) is 0 Å². The average Bonchev–Trinajstić information content (AvgIpc) is 2.57. The first-order valence-electron chi connectivity index (χ1n) is 5.09. The zero-order valence-corrected chi connectivity index (χ0v) is 9.16. The van der Waals surface area contributed by atoms with Crippen molar-refractivity contribution in [3.8, 4) is 5.75 Å². The highest BCUT2D eigenvalue weighted by Gasteiger charge is 2.09. The summed E-state index contributed by atoms with van der Waals surface area (Å²) >= 11 is 0. The number of hydrogen-bond donors (Lipinski definition) is 1. The molecule has 0 atom stereocenters. The SMILES string of the molecule is COc1cccc2c(CCN)cn(C)c12. The molecule has 0 aliphatic rings. The maximum Gasteiger partial charge on any atom is 0.143 e. The largest absolute Gasteiger partial charge is 0.495 e. The third-order valence-electron chi connectivity index (χ3n) is 2.68. The van der Waals surface area contributed by atoms with Crippen molar-refractivity contribution >= 4 is 10.9 Å². The molecule has 80 valence electrons. The molecule has 0 bridgehead atoms. The van der Waals surface area contributed by atoms with Crippen LogP contribution in [0.3, 0.4) is 0 Å². The number of aryl methyl sites for hydroxylation is 1. The van der Waals surface area contributed by atoms with Crippen molar-refractivity contribution in [2.45, 2.75) is 6.42 Å². The predicted molar refractivity (Wildman–Crippen MR) is 62.2 cm³/mol. The fraction of sp³-hybridized carbons (Fsp3) is 0.333. The minimum atomic E-state index is 0.677. The summed E-state index contributed by atoms with van der Waals surface area (Å²) in [6.07, 6.45) is 3.03. The molecule has 0 amide bonds. The fourth-order valence-electron chi connectivity index (χ4n) is 2.03. The molecule has 0 saturated heterocycles. The van der Waals surface area contributed by atoms with Crippen molar-refractivity contribution in [3.05, 3.63) is 30.0 Å². The number of fused-ring (bicyclic) bond motifs is 1. The van der Waals surface area contributed by atoms with Gasteiger partial charge in [0.15, 0.2) is 0 Å². The molecule has 1 aromatic heterocycles. The molecule has 1 aromatic carbocycles. The van der Waals surface area contributed by atoms with Crippen LogP contribution in [0.15, 0.2) is 24.4 Å². The number of nitrogens with zero attached hydrogens (tertiary/aromatic N) is 1. The Bertz CT molecular complexity index is 474. The van der Waals surface area contributed by atoms with Crippen molar-refractivity contribution in [1.82, 2.24) is 4.57 Å². The third kappa shape index (κ3) is 1.59. The monoisotopic (exact) mass is 204 g/mol. The molecule has 0 aliphatic heterocycles. The van der Waals surface area contributed by atoms with Crippen LogP contribution in [0.1, 0.15) is 5.56 Å².